The van der Waals surface area contributed by atoms with Crippen LogP contribution in [0.5, 0.6) is 0 Å². The Balaban J connectivity index is 1.91. The third kappa shape index (κ3) is 4.72. The standard InChI is InChI=1S/C16H16F3N5O3S2/c1-3-29(25,26)24(11-4-10(9(2)17)5-20-6-11)8-13-21-7-12(28-13)15-22-23-16(27-15)14(18)19/h4-7,9,14H,3,8H2,1-2H3/t9-/m1/s1. The second kappa shape index (κ2) is 8.45. The molecule has 156 valence electrons. The number of nitrogens with zero attached hydrogens (tertiary/aromatic N) is 5. The average Bonchev–Trinajstić information content (AvgIpc) is 3.35. The van der Waals surface area contributed by atoms with Crippen LogP contribution in [0.15, 0.2) is 29.1 Å². The first kappa shape index (κ1) is 21.2. The van der Waals surface area contributed by atoms with Crippen molar-refractivity contribution >= 4 is 27.0 Å². The van der Waals surface area contributed by atoms with Crippen molar-refractivity contribution in [2.24, 2.45) is 0 Å². The van der Waals surface area contributed by atoms with Crippen molar-refractivity contribution in [3.63, 3.8) is 0 Å². The second-order valence-corrected chi connectivity index (χ2v) is 9.16. The maximum absolute atomic E-state index is 13.6. The second-order valence-electron chi connectivity index (χ2n) is 5.86. The largest absolute Gasteiger partial charge is 0.414 e. The zero-order chi connectivity index (χ0) is 21.2. The molecule has 0 aliphatic rings. The lowest BCUT2D eigenvalue weighted by Gasteiger charge is -2.23. The highest BCUT2D eigenvalue weighted by atomic mass is 32.2. The number of anilines is 1. The highest BCUT2D eigenvalue weighted by Crippen LogP contribution is 2.30. The number of aromatic nitrogens is 4. The zero-order valence-electron chi connectivity index (χ0n) is 15.3. The molecule has 3 aromatic rings. The van der Waals surface area contributed by atoms with Crippen LogP contribution in [0.25, 0.3) is 10.8 Å². The molecule has 0 saturated carbocycles. The lowest BCUT2D eigenvalue weighted by atomic mass is 10.2. The van der Waals surface area contributed by atoms with Crippen molar-refractivity contribution < 1.29 is 26.0 Å². The number of alkyl halides is 3. The number of sulfonamides is 1. The smallest absolute Gasteiger partial charge is 0.314 e. The van der Waals surface area contributed by atoms with Gasteiger partial charge in [-0.25, -0.2) is 17.8 Å². The van der Waals surface area contributed by atoms with Gasteiger partial charge in [-0.1, -0.05) is 0 Å². The molecule has 29 heavy (non-hydrogen) atoms. The third-order valence-corrected chi connectivity index (χ3v) is 6.57. The van der Waals surface area contributed by atoms with Crippen LogP contribution in [0.4, 0.5) is 18.9 Å². The van der Waals surface area contributed by atoms with Gasteiger partial charge in [-0.05, 0) is 19.9 Å². The van der Waals surface area contributed by atoms with Crippen molar-refractivity contribution in [1.82, 2.24) is 20.2 Å². The molecule has 0 aliphatic heterocycles. The summed E-state index contributed by atoms with van der Waals surface area (Å²) >= 11 is 1.02. The van der Waals surface area contributed by atoms with Crippen LogP contribution in [-0.2, 0) is 16.6 Å². The number of rotatable bonds is 8. The lowest BCUT2D eigenvalue weighted by molar-refractivity contribution is 0.116. The number of hydrogen-bond donors (Lipinski definition) is 0. The highest BCUT2D eigenvalue weighted by molar-refractivity contribution is 7.92. The molecule has 0 bridgehead atoms. The molecule has 0 unspecified atom stereocenters. The van der Waals surface area contributed by atoms with Gasteiger partial charge in [0.15, 0.2) is 0 Å². The Labute approximate surface area is 168 Å². The fraction of sp³-hybridized carbons (Fsp3) is 0.375. The molecule has 0 aliphatic carbocycles. The van der Waals surface area contributed by atoms with Gasteiger partial charge in [-0.15, -0.1) is 21.5 Å². The number of pyridine rings is 1. The Bertz CT molecular complexity index is 1080. The van der Waals surface area contributed by atoms with Crippen LogP contribution in [0, 0.1) is 0 Å². The number of thiazole rings is 1. The van der Waals surface area contributed by atoms with Gasteiger partial charge in [-0.3, -0.25) is 9.29 Å². The minimum absolute atomic E-state index is 0.135. The van der Waals surface area contributed by atoms with E-state index in [4.69, 9.17) is 4.42 Å². The molecular formula is C16H16F3N5O3S2. The van der Waals surface area contributed by atoms with Crippen molar-refractivity contribution in [3.8, 4) is 10.8 Å². The molecule has 0 aromatic carbocycles. The average molecular weight is 447 g/mol. The Hall–Kier alpha value is -2.54. The summed E-state index contributed by atoms with van der Waals surface area (Å²) in [5, 5.41) is 7.15. The predicted octanol–water partition coefficient (Wildman–Crippen LogP) is 3.91. The van der Waals surface area contributed by atoms with Gasteiger partial charge in [0.1, 0.15) is 16.1 Å². The summed E-state index contributed by atoms with van der Waals surface area (Å²) in [7, 11) is -3.73. The topological polar surface area (TPSA) is 102 Å². The molecule has 3 aromatic heterocycles. The van der Waals surface area contributed by atoms with Crippen LogP contribution in [-0.4, -0.2) is 34.3 Å². The molecule has 1 atom stereocenters. The van der Waals surface area contributed by atoms with E-state index >= 15 is 0 Å². The first-order chi connectivity index (χ1) is 13.7. The summed E-state index contributed by atoms with van der Waals surface area (Å²) in [6.07, 6.45) is -0.242. The summed E-state index contributed by atoms with van der Waals surface area (Å²) in [5.74, 6) is -1.14. The maximum Gasteiger partial charge on any atom is 0.314 e. The first-order valence-corrected chi connectivity index (χ1v) is 10.8. The summed E-state index contributed by atoms with van der Waals surface area (Å²) < 4.78 is 70.0. The summed E-state index contributed by atoms with van der Waals surface area (Å²) in [5.41, 5.74) is 0.437. The van der Waals surface area contributed by atoms with Crippen molar-refractivity contribution in [1.29, 1.82) is 0 Å². The minimum atomic E-state index is -3.73. The van der Waals surface area contributed by atoms with Gasteiger partial charge in [0, 0.05) is 11.8 Å². The van der Waals surface area contributed by atoms with Crippen molar-refractivity contribution in [2.45, 2.75) is 33.0 Å². The van der Waals surface area contributed by atoms with Crippen LogP contribution in [0.2, 0.25) is 0 Å². The van der Waals surface area contributed by atoms with E-state index in [0.717, 1.165) is 15.6 Å². The molecule has 3 rings (SSSR count). The van der Waals surface area contributed by atoms with E-state index < -0.39 is 28.5 Å². The van der Waals surface area contributed by atoms with E-state index in [-0.39, 0.29) is 29.4 Å². The minimum Gasteiger partial charge on any atom is -0.414 e. The Kier molecular flexibility index (Phi) is 6.17. The van der Waals surface area contributed by atoms with Gasteiger partial charge in [0.25, 0.3) is 11.8 Å². The van der Waals surface area contributed by atoms with Crippen LogP contribution in [0.3, 0.4) is 0 Å². The predicted molar refractivity (Wildman–Crippen MR) is 99.8 cm³/mol. The zero-order valence-corrected chi connectivity index (χ0v) is 16.9. The molecule has 0 fully saturated rings. The van der Waals surface area contributed by atoms with Gasteiger partial charge in [0.2, 0.25) is 10.0 Å². The molecule has 8 nitrogen and oxygen atoms in total. The monoisotopic (exact) mass is 447 g/mol. The van der Waals surface area contributed by atoms with Crippen LogP contribution in [0.1, 0.15) is 42.9 Å². The number of halogens is 3. The molecule has 0 radical (unpaired) electrons. The SMILES string of the molecule is CCS(=O)(=O)N(Cc1ncc(-c2nnc(C(F)F)o2)s1)c1cncc([C@@H](C)F)c1. The van der Waals surface area contributed by atoms with Crippen molar-refractivity contribution in [2.75, 3.05) is 10.1 Å². The molecule has 3 heterocycles. The van der Waals surface area contributed by atoms with Crippen LogP contribution < -0.4 is 4.31 Å². The molecule has 0 saturated heterocycles. The third-order valence-electron chi connectivity index (χ3n) is 3.86. The van der Waals surface area contributed by atoms with Gasteiger partial charge in [0.05, 0.1) is 30.4 Å². The fourth-order valence-corrected chi connectivity index (χ4v) is 4.29. The summed E-state index contributed by atoms with van der Waals surface area (Å²) in [6.45, 7) is 2.65. The molecule has 0 amide bonds. The summed E-state index contributed by atoms with van der Waals surface area (Å²) in [6, 6.07) is 1.41. The fourth-order valence-electron chi connectivity index (χ4n) is 2.33. The van der Waals surface area contributed by atoms with E-state index in [9.17, 15) is 21.6 Å². The molecule has 13 heteroatoms. The van der Waals surface area contributed by atoms with Gasteiger partial charge in [-0.2, -0.15) is 8.78 Å². The number of hydrogen-bond acceptors (Lipinski definition) is 8. The molecule has 0 N–H and O–H groups in total. The van der Waals surface area contributed by atoms with Gasteiger partial charge >= 0.3 is 6.43 Å². The molecule has 0 spiro atoms. The first-order valence-electron chi connectivity index (χ1n) is 8.37. The van der Waals surface area contributed by atoms with E-state index in [2.05, 4.69) is 20.2 Å². The Morgan fingerprint density at radius 2 is 1.97 bits per heavy atom. The van der Waals surface area contributed by atoms with E-state index in [0.29, 0.717) is 9.88 Å². The van der Waals surface area contributed by atoms with E-state index in [1.807, 2.05) is 0 Å². The maximum atomic E-state index is 13.6. The molecular weight excluding hydrogens is 431 g/mol. The lowest BCUT2D eigenvalue weighted by Crippen LogP contribution is -2.32. The van der Waals surface area contributed by atoms with Crippen LogP contribution >= 0.6 is 11.3 Å². The highest BCUT2D eigenvalue weighted by Gasteiger charge is 2.25. The van der Waals surface area contributed by atoms with Gasteiger partial charge < -0.3 is 4.42 Å². The summed E-state index contributed by atoms with van der Waals surface area (Å²) in [4.78, 5) is 8.36. The Morgan fingerprint density at radius 3 is 2.59 bits per heavy atom. The van der Waals surface area contributed by atoms with E-state index in [1.54, 1.807) is 0 Å². The van der Waals surface area contributed by atoms with E-state index in [1.165, 1.54) is 38.5 Å². The quantitative estimate of drug-likeness (QED) is 0.516. The normalized spacial score (nSPS) is 13.0. The van der Waals surface area contributed by atoms with Crippen molar-refractivity contribution in [3.05, 3.63) is 41.1 Å². The Morgan fingerprint density at radius 1 is 1.21 bits per heavy atom.